The number of hydrogen-bond donors (Lipinski definition) is 5. The number of sulfonamides is 1. The van der Waals surface area contributed by atoms with Crippen molar-refractivity contribution in [3.8, 4) is 11.1 Å². The maximum absolute atomic E-state index is 13.0. The fraction of sp³-hybridized carbons (Fsp3) is 0.0833. The molecule has 10 nitrogen and oxygen atoms in total. The second kappa shape index (κ2) is 9.79. The summed E-state index contributed by atoms with van der Waals surface area (Å²) < 4.78 is 51.8. The van der Waals surface area contributed by atoms with Gasteiger partial charge in [0.2, 0.25) is 5.08 Å². The zero-order valence-corrected chi connectivity index (χ0v) is 21.6. The lowest BCUT2D eigenvalue weighted by Gasteiger charge is -2.36. The van der Waals surface area contributed by atoms with Crippen LogP contribution in [0, 0.1) is 0 Å². The van der Waals surface area contributed by atoms with Gasteiger partial charge in [-0.25, -0.2) is 8.42 Å². The van der Waals surface area contributed by atoms with Gasteiger partial charge in [-0.2, -0.15) is 0 Å². The zero-order chi connectivity index (χ0) is 27.1. The molecular weight excluding hydrogens is 540 g/mol. The normalized spacial score (nSPS) is 15.6. The number of fused-ring (bicyclic) bond motifs is 1. The third-order valence-corrected chi connectivity index (χ3v) is 10.8. The first-order valence-corrected chi connectivity index (χ1v) is 15.4. The van der Waals surface area contributed by atoms with Crippen molar-refractivity contribution in [2.75, 3.05) is 4.72 Å². The van der Waals surface area contributed by atoms with Crippen molar-refractivity contribution in [1.82, 2.24) is 0 Å². The number of hydrogen-bond acceptors (Lipinski definition) is 6. The summed E-state index contributed by atoms with van der Waals surface area (Å²) >= 11 is 0. The van der Waals surface area contributed by atoms with Crippen molar-refractivity contribution in [3.05, 3.63) is 96.6 Å². The Hall–Kier alpha value is -2.85. The lowest BCUT2D eigenvalue weighted by molar-refractivity contribution is -0.206. The number of anilines is 1. The lowest BCUT2D eigenvalue weighted by Crippen LogP contribution is -2.35. The van der Waals surface area contributed by atoms with Crippen LogP contribution in [0.4, 0.5) is 5.69 Å². The highest BCUT2D eigenvalue weighted by Gasteiger charge is 2.53. The number of benzene rings is 4. The monoisotopic (exact) mass is 562 g/mol. The molecule has 2 atom stereocenters. The van der Waals surface area contributed by atoms with Crippen LogP contribution in [0.15, 0.2) is 95.9 Å². The lowest BCUT2D eigenvalue weighted by atomic mass is 10.0. The van der Waals surface area contributed by atoms with Gasteiger partial charge in [-0.05, 0) is 51.7 Å². The Morgan fingerprint density at radius 2 is 1.41 bits per heavy atom. The van der Waals surface area contributed by atoms with E-state index in [0.717, 1.165) is 10.8 Å². The minimum Gasteiger partial charge on any atom is -0.776 e. The molecule has 13 heteroatoms. The third kappa shape index (κ3) is 5.70. The minimum atomic E-state index is -5.87. The van der Waals surface area contributed by atoms with Gasteiger partial charge in [0.15, 0.2) is 7.60 Å². The van der Waals surface area contributed by atoms with E-state index in [9.17, 15) is 42.2 Å². The van der Waals surface area contributed by atoms with E-state index in [0.29, 0.717) is 11.1 Å². The largest absolute Gasteiger partial charge is 0.776 e. The van der Waals surface area contributed by atoms with E-state index >= 15 is 0 Å². The molecule has 4 aromatic carbocycles. The second-order valence-electron chi connectivity index (χ2n) is 8.41. The van der Waals surface area contributed by atoms with Crippen molar-refractivity contribution in [1.29, 1.82) is 0 Å². The fourth-order valence-electron chi connectivity index (χ4n) is 3.81. The van der Waals surface area contributed by atoms with Gasteiger partial charge in [-0.3, -0.25) is 9.29 Å². The Kier molecular flexibility index (Phi) is 7.20. The van der Waals surface area contributed by atoms with E-state index in [2.05, 4.69) is 4.72 Å². The molecule has 0 saturated carbocycles. The van der Waals surface area contributed by atoms with Crippen LogP contribution in [0.5, 0.6) is 0 Å². The van der Waals surface area contributed by atoms with Crippen molar-refractivity contribution < 1.29 is 42.2 Å². The first kappa shape index (κ1) is 27.2. The van der Waals surface area contributed by atoms with Gasteiger partial charge in [-0.15, -0.1) is 0 Å². The molecule has 37 heavy (non-hydrogen) atoms. The molecule has 0 bridgehead atoms. The Labute approximate surface area is 212 Å². The van der Waals surface area contributed by atoms with Crippen LogP contribution in [0.25, 0.3) is 21.9 Å². The molecule has 4 aromatic rings. The van der Waals surface area contributed by atoms with E-state index in [-0.39, 0.29) is 16.1 Å². The van der Waals surface area contributed by atoms with Crippen LogP contribution in [-0.2, 0) is 25.6 Å². The molecule has 0 aromatic heterocycles. The summed E-state index contributed by atoms with van der Waals surface area (Å²) in [4.78, 5) is 39.7. The molecule has 0 radical (unpaired) electrons. The van der Waals surface area contributed by atoms with Crippen molar-refractivity contribution >= 4 is 41.7 Å². The molecule has 194 valence electrons. The molecule has 5 N–H and O–H groups in total. The average Bonchev–Trinajstić information content (AvgIpc) is 2.82. The first-order valence-electron chi connectivity index (χ1n) is 10.7. The predicted molar refractivity (Wildman–Crippen MR) is 137 cm³/mol. The smallest absolute Gasteiger partial charge is 0.365 e. The zero-order valence-electron chi connectivity index (χ0n) is 19.0. The van der Waals surface area contributed by atoms with Crippen molar-refractivity contribution in [3.63, 3.8) is 0 Å². The van der Waals surface area contributed by atoms with Gasteiger partial charge in [0.1, 0.15) is 0 Å². The van der Waals surface area contributed by atoms with E-state index < -0.39 is 36.7 Å². The molecule has 0 amide bonds. The van der Waals surface area contributed by atoms with Crippen LogP contribution < -0.4 is 9.62 Å². The molecule has 4 rings (SSSR count). The standard InChI is InChI=1S/C24H23NO9P2S/c26-24(35(27,28)29,36(30,31)32)16-17-5-3-8-19(13-17)20-9-4-10-22(14-20)25-37(33,34)23-12-11-18-6-1-2-7-21(18)15-23/h1-15,25-26H,16H2,(H2,27,28,29)(H2,30,31,32)/p-1. The summed E-state index contributed by atoms with van der Waals surface area (Å²) in [6.45, 7) is 0. The van der Waals surface area contributed by atoms with Gasteiger partial charge in [-0.1, -0.05) is 66.7 Å². The van der Waals surface area contributed by atoms with E-state index in [1.165, 1.54) is 36.4 Å². The Balaban J connectivity index is 1.63. The predicted octanol–water partition coefficient (Wildman–Crippen LogP) is 3.22. The van der Waals surface area contributed by atoms with Gasteiger partial charge >= 0.3 is 7.60 Å². The van der Waals surface area contributed by atoms with Crippen molar-refractivity contribution in [2.45, 2.75) is 16.4 Å². The highest BCUT2D eigenvalue weighted by molar-refractivity contribution is 7.92. The highest BCUT2D eigenvalue weighted by Crippen LogP contribution is 2.66. The molecule has 0 saturated heterocycles. The Morgan fingerprint density at radius 1 is 0.784 bits per heavy atom. The summed E-state index contributed by atoms with van der Waals surface area (Å²) in [6, 6.07) is 24.2. The molecule has 0 fully saturated rings. The molecule has 0 aliphatic heterocycles. The van der Waals surface area contributed by atoms with E-state index in [1.54, 1.807) is 42.5 Å². The van der Waals surface area contributed by atoms with Crippen LogP contribution in [-0.4, -0.2) is 33.3 Å². The molecule has 0 aliphatic carbocycles. The van der Waals surface area contributed by atoms with Gasteiger partial charge in [0, 0.05) is 12.1 Å². The maximum Gasteiger partial charge on any atom is 0.365 e. The molecular formula is C24H22NO9P2S-. The Bertz CT molecular complexity index is 1660. The van der Waals surface area contributed by atoms with Gasteiger partial charge < -0.3 is 29.2 Å². The van der Waals surface area contributed by atoms with Gasteiger partial charge in [0.25, 0.3) is 10.0 Å². The van der Waals surface area contributed by atoms with E-state index in [4.69, 9.17) is 0 Å². The molecule has 0 aliphatic rings. The first-order chi connectivity index (χ1) is 17.2. The summed E-state index contributed by atoms with van der Waals surface area (Å²) in [5.74, 6) is 0. The number of nitrogens with one attached hydrogen (secondary N) is 1. The second-order valence-corrected chi connectivity index (χ2v) is 14.1. The SMILES string of the molecule is O=P([O-])(O)C(O)(Cc1cccc(-c2cccc(NS(=O)(=O)c3ccc4ccccc4c3)c2)c1)P(=O)(O)O. The highest BCUT2D eigenvalue weighted by atomic mass is 32.2. The molecule has 0 spiro atoms. The van der Waals surface area contributed by atoms with Crippen LogP contribution in [0.3, 0.4) is 0 Å². The number of aliphatic hydroxyl groups is 1. The summed E-state index contributed by atoms with van der Waals surface area (Å²) in [6.07, 6.45) is -1.07. The molecule has 2 unspecified atom stereocenters. The summed E-state index contributed by atoms with van der Waals surface area (Å²) in [7, 11) is -15.5. The third-order valence-electron chi connectivity index (χ3n) is 5.77. The fourth-order valence-corrected chi connectivity index (χ4v) is 6.99. The molecule has 0 heterocycles. The summed E-state index contributed by atoms with van der Waals surface area (Å²) in [5, 5.41) is 8.13. The van der Waals surface area contributed by atoms with Crippen LogP contribution in [0.2, 0.25) is 0 Å². The van der Waals surface area contributed by atoms with Crippen LogP contribution >= 0.6 is 15.2 Å². The Morgan fingerprint density at radius 3 is 2.05 bits per heavy atom. The maximum atomic E-state index is 13.0. The topological polar surface area (TPSA) is 184 Å². The average molecular weight is 562 g/mol. The van der Waals surface area contributed by atoms with Gasteiger partial charge in [0.05, 0.1) is 4.90 Å². The quantitative estimate of drug-likeness (QED) is 0.201. The van der Waals surface area contributed by atoms with Crippen molar-refractivity contribution in [2.24, 2.45) is 0 Å². The summed E-state index contributed by atoms with van der Waals surface area (Å²) in [5.41, 5.74) is 1.18. The van der Waals surface area contributed by atoms with Crippen LogP contribution in [0.1, 0.15) is 5.56 Å². The van der Waals surface area contributed by atoms with E-state index in [1.807, 2.05) is 12.1 Å². The minimum absolute atomic E-state index is 0.00981. The number of rotatable bonds is 8.